The smallest absolute Gasteiger partial charge is 0.251 e. The second-order valence-corrected chi connectivity index (χ2v) is 6.36. The predicted molar refractivity (Wildman–Crippen MR) is 78.6 cm³/mol. The van der Waals surface area contributed by atoms with Gasteiger partial charge in [-0.15, -0.1) is 12.4 Å². The van der Waals surface area contributed by atoms with Gasteiger partial charge in [0.25, 0.3) is 5.91 Å². The summed E-state index contributed by atoms with van der Waals surface area (Å²) in [5, 5.41) is 5.93. The van der Waals surface area contributed by atoms with Gasteiger partial charge in [0.15, 0.2) is 0 Å². The van der Waals surface area contributed by atoms with Gasteiger partial charge in [0.05, 0.1) is 4.90 Å². The average molecular weight is 320 g/mol. The van der Waals surface area contributed by atoms with Gasteiger partial charge in [-0.2, -0.15) is 0 Å². The van der Waals surface area contributed by atoms with E-state index in [2.05, 4.69) is 15.4 Å². The van der Waals surface area contributed by atoms with Gasteiger partial charge in [0, 0.05) is 31.1 Å². The number of amides is 1. The Bertz CT molecular complexity index is 573. The van der Waals surface area contributed by atoms with Crippen LogP contribution in [0, 0.1) is 5.92 Å². The molecule has 0 saturated carbocycles. The SMILES string of the molecule is CNS(=O)(=O)c1cccc(C(=O)NCC2CNC2)c1.Cl. The van der Waals surface area contributed by atoms with Gasteiger partial charge in [0.2, 0.25) is 10.0 Å². The van der Waals surface area contributed by atoms with E-state index in [0.29, 0.717) is 18.0 Å². The van der Waals surface area contributed by atoms with Crippen molar-refractivity contribution in [2.45, 2.75) is 4.90 Å². The summed E-state index contributed by atoms with van der Waals surface area (Å²) in [4.78, 5) is 12.0. The lowest BCUT2D eigenvalue weighted by molar-refractivity contribution is 0.0942. The van der Waals surface area contributed by atoms with Gasteiger partial charge in [-0.25, -0.2) is 13.1 Å². The molecule has 1 amide bonds. The van der Waals surface area contributed by atoms with Crippen molar-refractivity contribution in [2.75, 3.05) is 26.7 Å². The highest BCUT2D eigenvalue weighted by molar-refractivity contribution is 7.89. The minimum atomic E-state index is -3.52. The summed E-state index contributed by atoms with van der Waals surface area (Å²) >= 11 is 0. The van der Waals surface area contributed by atoms with E-state index in [1.165, 1.54) is 19.2 Å². The van der Waals surface area contributed by atoms with Crippen LogP contribution in [0.4, 0.5) is 0 Å². The highest BCUT2D eigenvalue weighted by Crippen LogP contribution is 2.11. The second kappa shape index (κ2) is 7.03. The number of rotatable bonds is 5. The molecule has 1 aliphatic heterocycles. The normalized spacial score (nSPS) is 15.1. The standard InChI is InChI=1S/C12H17N3O3S.ClH/c1-13-19(17,18)11-4-2-3-10(5-11)12(16)15-8-9-6-14-7-9;/h2-5,9,13-14H,6-8H2,1H3,(H,15,16);1H. The first kappa shape index (κ1) is 16.9. The third-order valence-corrected chi connectivity index (χ3v) is 4.50. The van der Waals surface area contributed by atoms with E-state index in [-0.39, 0.29) is 23.2 Å². The highest BCUT2D eigenvalue weighted by Gasteiger charge is 2.18. The Morgan fingerprint density at radius 2 is 2.10 bits per heavy atom. The zero-order valence-corrected chi connectivity index (χ0v) is 12.7. The third-order valence-electron chi connectivity index (χ3n) is 3.09. The summed E-state index contributed by atoms with van der Waals surface area (Å²) < 4.78 is 25.5. The number of carbonyl (C=O) groups excluding carboxylic acids is 1. The molecule has 1 aromatic carbocycles. The van der Waals surface area contributed by atoms with Crippen molar-refractivity contribution in [1.82, 2.24) is 15.4 Å². The number of halogens is 1. The molecule has 1 fully saturated rings. The summed E-state index contributed by atoms with van der Waals surface area (Å²) in [6.07, 6.45) is 0. The van der Waals surface area contributed by atoms with Crippen LogP contribution in [0.3, 0.4) is 0 Å². The van der Waals surface area contributed by atoms with Gasteiger partial charge in [-0.1, -0.05) is 6.07 Å². The molecule has 20 heavy (non-hydrogen) atoms. The van der Waals surface area contributed by atoms with Crippen molar-refractivity contribution >= 4 is 28.3 Å². The Kier molecular flexibility index (Phi) is 5.94. The molecule has 1 heterocycles. The quantitative estimate of drug-likeness (QED) is 0.711. The fourth-order valence-electron chi connectivity index (χ4n) is 1.75. The molecule has 6 nitrogen and oxygen atoms in total. The summed E-state index contributed by atoms with van der Waals surface area (Å²) in [5.41, 5.74) is 0.351. The Hall–Kier alpha value is -1.15. The van der Waals surface area contributed by atoms with Crippen LogP contribution in [0.5, 0.6) is 0 Å². The number of benzene rings is 1. The van der Waals surface area contributed by atoms with E-state index >= 15 is 0 Å². The van der Waals surface area contributed by atoms with E-state index in [1.54, 1.807) is 12.1 Å². The lowest BCUT2D eigenvalue weighted by Crippen LogP contribution is -2.48. The van der Waals surface area contributed by atoms with Gasteiger partial charge in [-0.05, 0) is 25.2 Å². The molecular formula is C12H18ClN3O3S. The molecule has 0 bridgehead atoms. The summed E-state index contributed by atoms with van der Waals surface area (Å²) in [5.74, 6) is 0.216. The molecule has 1 aliphatic rings. The van der Waals surface area contributed by atoms with E-state index in [1.807, 2.05) is 0 Å². The number of nitrogens with one attached hydrogen (secondary N) is 3. The van der Waals surface area contributed by atoms with E-state index in [0.717, 1.165) is 13.1 Å². The average Bonchev–Trinajstić information content (AvgIpc) is 2.37. The first-order valence-electron chi connectivity index (χ1n) is 6.05. The molecule has 112 valence electrons. The van der Waals surface area contributed by atoms with Crippen LogP contribution < -0.4 is 15.4 Å². The maximum Gasteiger partial charge on any atom is 0.251 e. The fourth-order valence-corrected chi connectivity index (χ4v) is 2.53. The highest BCUT2D eigenvalue weighted by atomic mass is 35.5. The van der Waals surface area contributed by atoms with Gasteiger partial charge in [0.1, 0.15) is 0 Å². The number of carbonyl (C=O) groups is 1. The van der Waals surface area contributed by atoms with Crippen LogP contribution in [0.15, 0.2) is 29.2 Å². The molecule has 8 heteroatoms. The molecule has 0 aliphatic carbocycles. The summed E-state index contributed by atoms with van der Waals surface area (Å²) in [6.45, 7) is 2.43. The number of hydrogen-bond donors (Lipinski definition) is 3. The fraction of sp³-hybridized carbons (Fsp3) is 0.417. The van der Waals surface area contributed by atoms with E-state index < -0.39 is 10.0 Å². The summed E-state index contributed by atoms with van der Waals surface area (Å²) in [7, 11) is -2.18. The maximum atomic E-state index is 11.9. The van der Waals surface area contributed by atoms with E-state index in [4.69, 9.17) is 0 Å². The van der Waals surface area contributed by atoms with Crippen molar-refractivity contribution in [2.24, 2.45) is 5.92 Å². The molecule has 0 radical (unpaired) electrons. The zero-order chi connectivity index (χ0) is 13.9. The maximum absolute atomic E-state index is 11.9. The van der Waals surface area contributed by atoms with Crippen molar-refractivity contribution < 1.29 is 13.2 Å². The molecule has 0 aromatic heterocycles. The van der Waals surface area contributed by atoms with E-state index in [9.17, 15) is 13.2 Å². The number of hydrogen-bond acceptors (Lipinski definition) is 4. The lowest BCUT2D eigenvalue weighted by Gasteiger charge is -2.27. The summed E-state index contributed by atoms with van der Waals surface area (Å²) in [6, 6.07) is 5.99. The largest absolute Gasteiger partial charge is 0.352 e. The van der Waals surface area contributed by atoms with Crippen LogP contribution in [0.2, 0.25) is 0 Å². The minimum Gasteiger partial charge on any atom is -0.352 e. The van der Waals surface area contributed by atoms with Crippen molar-refractivity contribution in [1.29, 1.82) is 0 Å². The van der Waals surface area contributed by atoms with Crippen molar-refractivity contribution in [3.8, 4) is 0 Å². The first-order valence-corrected chi connectivity index (χ1v) is 7.54. The second-order valence-electron chi connectivity index (χ2n) is 4.47. The van der Waals surface area contributed by atoms with Gasteiger partial charge < -0.3 is 10.6 Å². The van der Waals surface area contributed by atoms with Gasteiger partial charge in [-0.3, -0.25) is 4.79 Å². The van der Waals surface area contributed by atoms with Crippen molar-refractivity contribution in [3.63, 3.8) is 0 Å². The predicted octanol–water partition coefficient (Wildman–Crippen LogP) is -0.0343. The Labute approximate surface area is 124 Å². The monoisotopic (exact) mass is 319 g/mol. The molecule has 2 rings (SSSR count). The number of sulfonamides is 1. The topological polar surface area (TPSA) is 87.3 Å². The van der Waals surface area contributed by atoms with Crippen LogP contribution in [0.25, 0.3) is 0 Å². The van der Waals surface area contributed by atoms with Crippen LogP contribution in [-0.2, 0) is 10.0 Å². The van der Waals surface area contributed by atoms with Gasteiger partial charge >= 0.3 is 0 Å². The molecule has 3 N–H and O–H groups in total. The molecule has 1 aromatic rings. The Morgan fingerprint density at radius 3 is 2.65 bits per heavy atom. The third kappa shape index (κ3) is 3.92. The minimum absolute atomic E-state index is 0. The zero-order valence-electron chi connectivity index (χ0n) is 11.0. The lowest BCUT2D eigenvalue weighted by atomic mass is 10.0. The van der Waals surface area contributed by atoms with Crippen LogP contribution >= 0.6 is 12.4 Å². The van der Waals surface area contributed by atoms with Crippen molar-refractivity contribution in [3.05, 3.63) is 29.8 Å². The Morgan fingerprint density at radius 1 is 1.40 bits per heavy atom. The van der Waals surface area contributed by atoms with Crippen LogP contribution in [0.1, 0.15) is 10.4 Å². The first-order chi connectivity index (χ1) is 9.03. The molecule has 1 saturated heterocycles. The molecule has 0 atom stereocenters. The molecular weight excluding hydrogens is 302 g/mol. The molecule has 0 unspecified atom stereocenters. The molecule has 0 spiro atoms. The Balaban J connectivity index is 0.00000200. The van der Waals surface area contributed by atoms with Crippen LogP contribution in [-0.4, -0.2) is 41.0 Å².